The summed E-state index contributed by atoms with van der Waals surface area (Å²) in [5.41, 5.74) is 0.843. The van der Waals surface area contributed by atoms with Crippen LogP contribution in [0.4, 0.5) is 0 Å². The van der Waals surface area contributed by atoms with Gasteiger partial charge in [0.2, 0.25) is 10.0 Å². The van der Waals surface area contributed by atoms with Crippen molar-refractivity contribution < 1.29 is 17.9 Å². The van der Waals surface area contributed by atoms with E-state index in [1.807, 2.05) is 20.8 Å². The Bertz CT molecular complexity index is 666. The van der Waals surface area contributed by atoms with Crippen LogP contribution in [0.15, 0.2) is 29.2 Å². The molecule has 2 rings (SSSR count). The van der Waals surface area contributed by atoms with Gasteiger partial charge in [-0.25, -0.2) is 8.42 Å². The van der Waals surface area contributed by atoms with Gasteiger partial charge in [-0.1, -0.05) is 26.0 Å². The number of amides is 1. The molecule has 1 fully saturated rings. The van der Waals surface area contributed by atoms with Crippen molar-refractivity contribution in [2.45, 2.75) is 37.8 Å². The number of ether oxygens (including phenoxy) is 1. The highest BCUT2D eigenvalue weighted by Gasteiger charge is 2.24. The Morgan fingerprint density at radius 3 is 2.48 bits per heavy atom. The fourth-order valence-electron chi connectivity index (χ4n) is 2.76. The number of carbonyl (C=O) groups is 1. The summed E-state index contributed by atoms with van der Waals surface area (Å²) in [6.45, 7) is 8.13. The second-order valence-electron chi connectivity index (χ2n) is 5.95. The molecule has 7 nitrogen and oxygen atoms in total. The predicted molar refractivity (Wildman–Crippen MR) is 95.7 cm³/mol. The number of hydrogen-bond donors (Lipinski definition) is 2. The Morgan fingerprint density at radius 1 is 1.32 bits per heavy atom. The van der Waals surface area contributed by atoms with E-state index >= 15 is 0 Å². The first kappa shape index (κ1) is 19.8. The monoisotopic (exact) mass is 369 g/mol. The zero-order valence-electron chi connectivity index (χ0n) is 15.0. The molecule has 2 unspecified atom stereocenters. The van der Waals surface area contributed by atoms with Gasteiger partial charge < -0.3 is 15.4 Å². The van der Waals surface area contributed by atoms with Crippen molar-refractivity contribution in [3.63, 3.8) is 0 Å². The van der Waals surface area contributed by atoms with E-state index in [0.29, 0.717) is 26.2 Å². The molecule has 0 aliphatic carbocycles. The molecule has 1 aliphatic heterocycles. The van der Waals surface area contributed by atoms with Gasteiger partial charge in [-0.3, -0.25) is 4.79 Å². The Labute approximate surface area is 149 Å². The molecular weight excluding hydrogens is 342 g/mol. The van der Waals surface area contributed by atoms with Gasteiger partial charge in [-0.2, -0.15) is 4.31 Å². The SMILES string of the molecule is CCN(CC)S(=O)(=O)c1ccc(C(C)NC(=O)C2CNCCO2)cc1. The number of nitrogens with one attached hydrogen (secondary N) is 2. The molecule has 25 heavy (non-hydrogen) atoms. The summed E-state index contributed by atoms with van der Waals surface area (Å²) in [5, 5.41) is 6.02. The van der Waals surface area contributed by atoms with E-state index < -0.39 is 16.1 Å². The highest BCUT2D eigenvalue weighted by molar-refractivity contribution is 7.89. The summed E-state index contributed by atoms with van der Waals surface area (Å²) in [6.07, 6.45) is -0.487. The fraction of sp³-hybridized carbons (Fsp3) is 0.588. The summed E-state index contributed by atoms with van der Waals surface area (Å²) in [4.78, 5) is 12.5. The molecule has 0 radical (unpaired) electrons. The average molecular weight is 369 g/mol. The molecule has 1 saturated heterocycles. The van der Waals surface area contributed by atoms with Crippen LogP contribution in [-0.4, -0.2) is 57.5 Å². The van der Waals surface area contributed by atoms with Crippen LogP contribution in [0.3, 0.4) is 0 Å². The van der Waals surface area contributed by atoms with Crippen molar-refractivity contribution in [2.75, 3.05) is 32.8 Å². The standard InChI is InChI=1S/C17H27N3O4S/c1-4-20(5-2)25(22,23)15-8-6-14(7-9-15)13(3)19-17(21)16-12-18-10-11-24-16/h6-9,13,16,18H,4-5,10-12H2,1-3H3,(H,19,21). The maximum atomic E-state index is 12.5. The van der Waals surface area contributed by atoms with Crippen molar-refractivity contribution in [3.8, 4) is 0 Å². The fourth-order valence-corrected chi connectivity index (χ4v) is 4.22. The number of morpholine rings is 1. The Morgan fingerprint density at radius 2 is 1.96 bits per heavy atom. The van der Waals surface area contributed by atoms with Crippen LogP contribution >= 0.6 is 0 Å². The average Bonchev–Trinajstić information content (AvgIpc) is 2.63. The van der Waals surface area contributed by atoms with Gasteiger partial charge in [0.1, 0.15) is 6.10 Å². The van der Waals surface area contributed by atoms with Crippen molar-refractivity contribution in [1.29, 1.82) is 0 Å². The van der Waals surface area contributed by atoms with Gasteiger partial charge in [0, 0.05) is 26.2 Å². The van der Waals surface area contributed by atoms with Gasteiger partial charge >= 0.3 is 0 Å². The van der Waals surface area contributed by atoms with E-state index in [9.17, 15) is 13.2 Å². The van der Waals surface area contributed by atoms with Gasteiger partial charge in [-0.15, -0.1) is 0 Å². The van der Waals surface area contributed by atoms with E-state index in [2.05, 4.69) is 10.6 Å². The van der Waals surface area contributed by atoms with Gasteiger partial charge in [0.15, 0.2) is 0 Å². The highest BCUT2D eigenvalue weighted by Crippen LogP contribution is 2.19. The summed E-state index contributed by atoms with van der Waals surface area (Å²) in [6, 6.07) is 6.42. The zero-order valence-corrected chi connectivity index (χ0v) is 15.8. The van der Waals surface area contributed by atoms with E-state index in [4.69, 9.17) is 4.74 Å². The van der Waals surface area contributed by atoms with Crippen LogP contribution in [-0.2, 0) is 19.6 Å². The van der Waals surface area contributed by atoms with Gasteiger partial charge in [-0.05, 0) is 24.6 Å². The molecule has 1 aromatic carbocycles. The molecule has 8 heteroatoms. The lowest BCUT2D eigenvalue weighted by Gasteiger charge is -2.25. The maximum absolute atomic E-state index is 12.5. The van der Waals surface area contributed by atoms with Crippen molar-refractivity contribution in [2.24, 2.45) is 0 Å². The number of carbonyl (C=O) groups excluding carboxylic acids is 1. The summed E-state index contributed by atoms with van der Waals surface area (Å²) in [7, 11) is -3.47. The number of sulfonamides is 1. The van der Waals surface area contributed by atoms with Crippen LogP contribution in [0.5, 0.6) is 0 Å². The van der Waals surface area contributed by atoms with E-state index in [-0.39, 0.29) is 16.8 Å². The molecule has 1 aromatic rings. The van der Waals surface area contributed by atoms with Crippen LogP contribution in [0.2, 0.25) is 0 Å². The Kier molecular flexibility index (Phi) is 6.95. The lowest BCUT2D eigenvalue weighted by atomic mass is 10.1. The number of benzene rings is 1. The van der Waals surface area contributed by atoms with Crippen LogP contribution in [0.25, 0.3) is 0 Å². The summed E-state index contributed by atoms with van der Waals surface area (Å²) >= 11 is 0. The molecule has 0 bridgehead atoms. The van der Waals surface area contributed by atoms with E-state index in [0.717, 1.165) is 12.1 Å². The third-order valence-corrected chi connectivity index (χ3v) is 6.37. The second-order valence-corrected chi connectivity index (χ2v) is 7.89. The molecule has 2 N–H and O–H groups in total. The molecule has 1 heterocycles. The lowest BCUT2D eigenvalue weighted by molar-refractivity contribution is -0.134. The Balaban J connectivity index is 2.04. The molecular formula is C17H27N3O4S. The van der Waals surface area contributed by atoms with Crippen LogP contribution in [0, 0.1) is 0 Å². The first-order valence-corrected chi connectivity index (χ1v) is 10.1. The molecule has 140 valence electrons. The first-order valence-electron chi connectivity index (χ1n) is 8.63. The van der Waals surface area contributed by atoms with Crippen LogP contribution in [0.1, 0.15) is 32.4 Å². The third kappa shape index (κ3) is 4.78. The predicted octanol–water partition coefficient (Wildman–Crippen LogP) is 0.883. The number of nitrogens with zero attached hydrogens (tertiary/aromatic N) is 1. The molecule has 0 spiro atoms. The summed E-state index contributed by atoms with van der Waals surface area (Å²) < 4.78 is 31.8. The second kappa shape index (κ2) is 8.75. The lowest BCUT2D eigenvalue weighted by Crippen LogP contribution is -2.48. The largest absolute Gasteiger partial charge is 0.366 e. The highest BCUT2D eigenvalue weighted by atomic mass is 32.2. The minimum atomic E-state index is -3.47. The molecule has 0 saturated carbocycles. The van der Waals surface area contributed by atoms with Gasteiger partial charge in [0.05, 0.1) is 17.5 Å². The first-order chi connectivity index (χ1) is 11.9. The van der Waals surface area contributed by atoms with Crippen molar-refractivity contribution in [1.82, 2.24) is 14.9 Å². The van der Waals surface area contributed by atoms with E-state index in [1.165, 1.54) is 4.31 Å². The number of rotatable bonds is 7. The van der Waals surface area contributed by atoms with Crippen molar-refractivity contribution in [3.05, 3.63) is 29.8 Å². The smallest absolute Gasteiger partial charge is 0.250 e. The molecule has 1 aliphatic rings. The quantitative estimate of drug-likeness (QED) is 0.745. The number of hydrogen-bond acceptors (Lipinski definition) is 5. The third-order valence-electron chi connectivity index (χ3n) is 4.30. The van der Waals surface area contributed by atoms with Crippen LogP contribution < -0.4 is 10.6 Å². The molecule has 2 atom stereocenters. The van der Waals surface area contributed by atoms with E-state index in [1.54, 1.807) is 24.3 Å². The summed E-state index contributed by atoms with van der Waals surface area (Å²) in [5.74, 6) is -0.167. The topological polar surface area (TPSA) is 87.7 Å². The molecule has 0 aromatic heterocycles. The minimum Gasteiger partial charge on any atom is -0.366 e. The Hall–Kier alpha value is -1.48. The molecule has 1 amide bonds. The minimum absolute atomic E-state index is 0.167. The van der Waals surface area contributed by atoms with Crippen molar-refractivity contribution >= 4 is 15.9 Å². The zero-order chi connectivity index (χ0) is 18.4. The van der Waals surface area contributed by atoms with Gasteiger partial charge in [0.25, 0.3) is 5.91 Å². The maximum Gasteiger partial charge on any atom is 0.250 e. The normalized spacial score (nSPS) is 19.6.